The molecular formula is C15H22ClFN2O2. The van der Waals surface area contributed by atoms with Crippen LogP contribution in [0.25, 0.3) is 0 Å². The summed E-state index contributed by atoms with van der Waals surface area (Å²) in [6.07, 6.45) is 2.10. The molecule has 0 bridgehead atoms. The van der Waals surface area contributed by atoms with E-state index in [-0.39, 0.29) is 24.1 Å². The molecule has 2 rings (SSSR count). The molecule has 0 aromatic heterocycles. The zero-order valence-corrected chi connectivity index (χ0v) is 12.8. The van der Waals surface area contributed by atoms with Crippen LogP contribution in [-0.2, 0) is 4.79 Å². The summed E-state index contributed by atoms with van der Waals surface area (Å²) in [5, 5.41) is 0. The van der Waals surface area contributed by atoms with Crippen LogP contribution in [0.5, 0.6) is 5.75 Å². The van der Waals surface area contributed by atoms with E-state index in [1.165, 1.54) is 12.1 Å². The van der Waals surface area contributed by atoms with Gasteiger partial charge < -0.3 is 15.4 Å². The zero-order chi connectivity index (χ0) is 14.4. The van der Waals surface area contributed by atoms with Crippen molar-refractivity contribution in [2.24, 2.45) is 11.7 Å². The Balaban J connectivity index is 0.00000220. The van der Waals surface area contributed by atoms with Gasteiger partial charge in [-0.1, -0.05) is 6.07 Å². The van der Waals surface area contributed by atoms with Crippen LogP contribution >= 0.6 is 12.4 Å². The fraction of sp³-hybridized carbons (Fsp3) is 0.533. The van der Waals surface area contributed by atoms with Gasteiger partial charge in [-0.3, -0.25) is 4.79 Å². The smallest absolute Gasteiger partial charge is 0.222 e. The summed E-state index contributed by atoms with van der Waals surface area (Å²) in [5.41, 5.74) is 5.61. The van der Waals surface area contributed by atoms with Crippen LogP contribution in [0.15, 0.2) is 24.3 Å². The van der Waals surface area contributed by atoms with E-state index in [4.69, 9.17) is 10.5 Å². The van der Waals surface area contributed by atoms with Gasteiger partial charge in [-0.25, -0.2) is 4.39 Å². The van der Waals surface area contributed by atoms with Crippen molar-refractivity contribution >= 4 is 18.3 Å². The zero-order valence-electron chi connectivity index (χ0n) is 12.0. The summed E-state index contributed by atoms with van der Waals surface area (Å²) in [7, 11) is 0. The number of carbonyl (C=O) groups is 1. The summed E-state index contributed by atoms with van der Waals surface area (Å²) >= 11 is 0. The number of likely N-dealkylation sites (tertiary alicyclic amines) is 1. The predicted octanol–water partition coefficient (Wildman–Crippen LogP) is 2.21. The van der Waals surface area contributed by atoms with E-state index in [0.717, 1.165) is 19.5 Å². The molecule has 1 amide bonds. The second-order valence-electron chi connectivity index (χ2n) is 5.14. The minimum atomic E-state index is -0.316. The van der Waals surface area contributed by atoms with Gasteiger partial charge in [0.05, 0.1) is 6.61 Å². The minimum absolute atomic E-state index is 0. The van der Waals surface area contributed by atoms with Crippen molar-refractivity contribution in [1.29, 1.82) is 0 Å². The maximum atomic E-state index is 12.9. The van der Waals surface area contributed by atoms with Gasteiger partial charge in [-0.15, -0.1) is 12.4 Å². The van der Waals surface area contributed by atoms with Gasteiger partial charge in [-0.05, 0) is 37.4 Å². The molecule has 4 nitrogen and oxygen atoms in total. The van der Waals surface area contributed by atoms with Crippen molar-refractivity contribution in [1.82, 2.24) is 4.90 Å². The van der Waals surface area contributed by atoms with Crippen LogP contribution in [0.1, 0.15) is 19.3 Å². The van der Waals surface area contributed by atoms with Gasteiger partial charge in [0.1, 0.15) is 11.6 Å². The van der Waals surface area contributed by atoms with Gasteiger partial charge >= 0.3 is 0 Å². The molecule has 1 saturated heterocycles. The fourth-order valence-electron chi connectivity index (χ4n) is 2.38. The Hall–Kier alpha value is -1.33. The molecule has 0 saturated carbocycles. The molecule has 1 aromatic rings. The third-order valence-electron chi connectivity index (χ3n) is 3.57. The van der Waals surface area contributed by atoms with E-state index >= 15 is 0 Å². The number of benzene rings is 1. The van der Waals surface area contributed by atoms with E-state index in [1.807, 2.05) is 4.90 Å². The number of nitrogens with zero attached hydrogens (tertiary/aromatic N) is 1. The molecule has 0 radical (unpaired) electrons. The summed E-state index contributed by atoms with van der Waals surface area (Å²) in [4.78, 5) is 13.8. The Morgan fingerprint density at radius 3 is 2.95 bits per heavy atom. The van der Waals surface area contributed by atoms with E-state index in [2.05, 4.69) is 0 Å². The molecule has 1 aliphatic heterocycles. The van der Waals surface area contributed by atoms with Crippen LogP contribution in [-0.4, -0.2) is 37.0 Å². The normalized spacial score (nSPS) is 17.4. The van der Waals surface area contributed by atoms with Crippen molar-refractivity contribution in [3.63, 3.8) is 0 Å². The van der Waals surface area contributed by atoms with Crippen molar-refractivity contribution in [2.45, 2.75) is 19.3 Å². The Labute approximate surface area is 130 Å². The maximum absolute atomic E-state index is 12.9. The van der Waals surface area contributed by atoms with Crippen molar-refractivity contribution < 1.29 is 13.9 Å². The van der Waals surface area contributed by atoms with Gasteiger partial charge in [-0.2, -0.15) is 0 Å². The lowest BCUT2D eigenvalue weighted by Crippen LogP contribution is -2.29. The lowest BCUT2D eigenvalue weighted by Gasteiger charge is -2.16. The molecule has 2 N–H and O–H groups in total. The number of nitrogens with two attached hydrogens (primary N) is 1. The molecular weight excluding hydrogens is 295 g/mol. The lowest BCUT2D eigenvalue weighted by molar-refractivity contribution is -0.130. The van der Waals surface area contributed by atoms with Crippen molar-refractivity contribution in [2.75, 3.05) is 26.2 Å². The molecule has 1 unspecified atom stereocenters. The molecule has 1 aliphatic rings. The topological polar surface area (TPSA) is 55.6 Å². The van der Waals surface area contributed by atoms with E-state index in [1.54, 1.807) is 12.1 Å². The molecule has 1 fully saturated rings. The Bertz CT molecular complexity index is 459. The minimum Gasteiger partial charge on any atom is -0.493 e. The highest BCUT2D eigenvalue weighted by atomic mass is 35.5. The number of hydrogen-bond donors (Lipinski definition) is 1. The van der Waals surface area contributed by atoms with Crippen LogP contribution < -0.4 is 10.5 Å². The molecule has 118 valence electrons. The monoisotopic (exact) mass is 316 g/mol. The first-order valence-corrected chi connectivity index (χ1v) is 7.05. The van der Waals surface area contributed by atoms with Crippen LogP contribution in [0.2, 0.25) is 0 Å². The standard InChI is InChI=1S/C15H21FN2O2.ClH/c16-13-3-1-4-14(9-13)20-8-2-5-15(19)18-7-6-12(10-17)11-18;/h1,3-4,9,12H,2,5-8,10-11,17H2;1H. The molecule has 6 heteroatoms. The number of amides is 1. The molecule has 0 spiro atoms. The highest BCUT2D eigenvalue weighted by Gasteiger charge is 2.24. The lowest BCUT2D eigenvalue weighted by atomic mass is 10.1. The second-order valence-corrected chi connectivity index (χ2v) is 5.14. The molecule has 21 heavy (non-hydrogen) atoms. The number of halogens is 2. The molecule has 1 aromatic carbocycles. The van der Waals surface area contributed by atoms with Crippen LogP contribution in [0.4, 0.5) is 4.39 Å². The summed E-state index contributed by atoms with van der Waals surface area (Å²) < 4.78 is 18.3. The maximum Gasteiger partial charge on any atom is 0.222 e. The average molecular weight is 317 g/mol. The third kappa shape index (κ3) is 5.52. The van der Waals surface area contributed by atoms with E-state index in [9.17, 15) is 9.18 Å². The first-order chi connectivity index (χ1) is 9.69. The van der Waals surface area contributed by atoms with Crippen LogP contribution in [0, 0.1) is 11.7 Å². The summed E-state index contributed by atoms with van der Waals surface area (Å²) in [6.45, 7) is 2.65. The highest BCUT2D eigenvalue weighted by molar-refractivity contribution is 5.85. The first kappa shape index (κ1) is 17.7. The van der Waals surface area contributed by atoms with Gasteiger partial charge in [0.15, 0.2) is 0 Å². The Morgan fingerprint density at radius 1 is 1.48 bits per heavy atom. The molecule has 1 heterocycles. The summed E-state index contributed by atoms with van der Waals surface area (Å²) in [5.74, 6) is 0.788. The van der Waals surface area contributed by atoms with Crippen LogP contribution in [0.3, 0.4) is 0 Å². The second kappa shape index (κ2) is 8.85. The van der Waals surface area contributed by atoms with Gasteiger partial charge in [0.25, 0.3) is 0 Å². The SMILES string of the molecule is Cl.NCC1CCN(C(=O)CCCOc2cccc(F)c2)C1. The number of rotatable bonds is 6. The molecule has 0 aliphatic carbocycles. The quantitative estimate of drug-likeness (QED) is 0.819. The van der Waals surface area contributed by atoms with E-state index in [0.29, 0.717) is 37.7 Å². The number of hydrogen-bond acceptors (Lipinski definition) is 3. The van der Waals surface area contributed by atoms with Crippen molar-refractivity contribution in [3.8, 4) is 5.75 Å². The highest BCUT2D eigenvalue weighted by Crippen LogP contribution is 2.16. The largest absolute Gasteiger partial charge is 0.493 e. The van der Waals surface area contributed by atoms with E-state index < -0.39 is 0 Å². The van der Waals surface area contributed by atoms with Gasteiger partial charge in [0, 0.05) is 25.6 Å². The Kier molecular flexibility index (Phi) is 7.47. The Morgan fingerprint density at radius 2 is 2.29 bits per heavy atom. The number of carbonyl (C=O) groups excluding carboxylic acids is 1. The van der Waals surface area contributed by atoms with Crippen molar-refractivity contribution in [3.05, 3.63) is 30.1 Å². The first-order valence-electron chi connectivity index (χ1n) is 7.05. The third-order valence-corrected chi connectivity index (χ3v) is 3.57. The fourth-order valence-corrected chi connectivity index (χ4v) is 2.38. The predicted molar refractivity (Wildman–Crippen MR) is 82.1 cm³/mol. The average Bonchev–Trinajstić information content (AvgIpc) is 2.92. The molecule has 1 atom stereocenters. The summed E-state index contributed by atoms with van der Waals surface area (Å²) in [6, 6.07) is 6.02. The number of ether oxygens (including phenoxy) is 1. The van der Waals surface area contributed by atoms with Gasteiger partial charge in [0.2, 0.25) is 5.91 Å².